The summed E-state index contributed by atoms with van der Waals surface area (Å²) in [4.78, 5) is 2.39. The lowest BCUT2D eigenvalue weighted by atomic mass is 10.0. The van der Waals surface area contributed by atoms with Crippen LogP contribution in [0.3, 0.4) is 0 Å². The van der Waals surface area contributed by atoms with E-state index in [1.54, 1.807) is 0 Å². The first-order chi connectivity index (χ1) is 8.31. The lowest BCUT2D eigenvalue weighted by Crippen LogP contribution is -2.32. The highest BCUT2D eigenvalue weighted by molar-refractivity contribution is 5.81. The Morgan fingerprint density at radius 2 is 2.18 bits per heavy atom. The first-order valence-corrected chi connectivity index (χ1v) is 6.19. The van der Waals surface area contributed by atoms with Gasteiger partial charge in [-0.2, -0.15) is 0 Å². The van der Waals surface area contributed by atoms with Gasteiger partial charge in [-0.25, -0.2) is 0 Å². The molecule has 1 heterocycles. The molecule has 3 nitrogen and oxygen atoms in total. The van der Waals surface area contributed by atoms with E-state index in [2.05, 4.69) is 18.0 Å². The molecule has 1 aromatic carbocycles. The van der Waals surface area contributed by atoms with E-state index in [0.717, 1.165) is 5.58 Å². The Kier molecular flexibility index (Phi) is 2.65. The summed E-state index contributed by atoms with van der Waals surface area (Å²) in [6.45, 7) is 0.635. The Morgan fingerprint density at radius 3 is 2.88 bits per heavy atom. The number of hydrogen-bond donors (Lipinski definition) is 1. The van der Waals surface area contributed by atoms with Crippen LogP contribution in [0.2, 0.25) is 0 Å². The molecule has 1 aliphatic rings. The minimum atomic E-state index is 0.270. The van der Waals surface area contributed by atoms with Gasteiger partial charge in [0.1, 0.15) is 5.58 Å². The highest BCUT2D eigenvalue weighted by atomic mass is 16.3. The second kappa shape index (κ2) is 4.17. The van der Waals surface area contributed by atoms with Crippen LogP contribution in [0.15, 0.2) is 34.9 Å². The Balaban J connectivity index is 2.00. The van der Waals surface area contributed by atoms with Crippen LogP contribution in [0.1, 0.15) is 24.4 Å². The molecule has 1 fully saturated rings. The van der Waals surface area contributed by atoms with Crippen LogP contribution < -0.4 is 5.73 Å². The summed E-state index contributed by atoms with van der Waals surface area (Å²) < 4.78 is 5.60. The number of furan rings is 1. The number of benzene rings is 1. The number of para-hydroxylation sites is 1. The predicted molar refractivity (Wildman–Crippen MR) is 68.8 cm³/mol. The van der Waals surface area contributed by atoms with Crippen molar-refractivity contribution in [2.24, 2.45) is 5.73 Å². The first kappa shape index (κ1) is 10.8. The first-order valence-electron chi connectivity index (χ1n) is 6.19. The molecule has 0 amide bonds. The van der Waals surface area contributed by atoms with E-state index in [9.17, 15) is 0 Å². The van der Waals surface area contributed by atoms with Crippen molar-refractivity contribution < 1.29 is 4.42 Å². The van der Waals surface area contributed by atoms with Crippen LogP contribution in [-0.2, 0) is 0 Å². The van der Waals surface area contributed by atoms with Crippen molar-refractivity contribution in [1.82, 2.24) is 4.90 Å². The molecule has 1 aliphatic carbocycles. The van der Waals surface area contributed by atoms with Crippen molar-refractivity contribution >= 4 is 11.0 Å². The van der Waals surface area contributed by atoms with Crippen molar-refractivity contribution in [3.05, 3.63) is 36.1 Å². The zero-order chi connectivity index (χ0) is 11.8. The van der Waals surface area contributed by atoms with Gasteiger partial charge < -0.3 is 10.2 Å². The molecule has 1 aromatic heterocycles. The molecule has 0 radical (unpaired) electrons. The molecular formula is C14H18N2O. The Morgan fingerprint density at radius 1 is 1.41 bits per heavy atom. The topological polar surface area (TPSA) is 42.4 Å². The standard InChI is InChI=1S/C14H18N2O/c1-16(10-6-7-10)13(8-15)12-9-17-14-5-3-2-4-11(12)14/h2-5,9-10,13H,6-8,15H2,1H3. The zero-order valence-corrected chi connectivity index (χ0v) is 10.1. The lowest BCUT2D eigenvalue weighted by molar-refractivity contribution is 0.240. The van der Waals surface area contributed by atoms with E-state index in [1.807, 2.05) is 24.5 Å². The Hall–Kier alpha value is -1.32. The molecule has 3 heteroatoms. The number of likely N-dealkylation sites (N-methyl/N-ethyl adjacent to an activating group) is 1. The molecule has 90 valence electrons. The maximum atomic E-state index is 5.94. The average Bonchev–Trinajstić information content (AvgIpc) is 3.13. The fraction of sp³-hybridized carbons (Fsp3) is 0.429. The third-order valence-electron chi connectivity index (χ3n) is 3.71. The van der Waals surface area contributed by atoms with E-state index < -0.39 is 0 Å². The average molecular weight is 230 g/mol. The van der Waals surface area contributed by atoms with Gasteiger partial charge in [0.25, 0.3) is 0 Å². The van der Waals surface area contributed by atoms with E-state index in [1.165, 1.54) is 23.8 Å². The van der Waals surface area contributed by atoms with Crippen LogP contribution in [0, 0.1) is 0 Å². The van der Waals surface area contributed by atoms with E-state index in [0.29, 0.717) is 12.6 Å². The van der Waals surface area contributed by atoms with Gasteiger partial charge in [-0.15, -0.1) is 0 Å². The van der Waals surface area contributed by atoms with Gasteiger partial charge in [0.15, 0.2) is 0 Å². The summed E-state index contributed by atoms with van der Waals surface area (Å²) in [6, 6.07) is 9.13. The van der Waals surface area contributed by atoms with Crippen molar-refractivity contribution in [2.75, 3.05) is 13.6 Å². The molecule has 17 heavy (non-hydrogen) atoms. The highest BCUT2D eigenvalue weighted by Crippen LogP contribution is 2.35. The van der Waals surface area contributed by atoms with Gasteiger partial charge in [0, 0.05) is 23.5 Å². The number of hydrogen-bond acceptors (Lipinski definition) is 3. The summed E-state index contributed by atoms with van der Waals surface area (Å²) in [5.74, 6) is 0. The summed E-state index contributed by atoms with van der Waals surface area (Å²) in [5, 5.41) is 1.19. The molecule has 0 aliphatic heterocycles. The fourth-order valence-electron chi connectivity index (χ4n) is 2.51. The summed E-state index contributed by atoms with van der Waals surface area (Å²) >= 11 is 0. The SMILES string of the molecule is CN(C1CC1)C(CN)c1coc2ccccc12. The van der Waals surface area contributed by atoms with Crippen molar-refractivity contribution in [3.8, 4) is 0 Å². The second-order valence-corrected chi connectivity index (χ2v) is 4.84. The molecule has 2 N–H and O–H groups in total. The number of fused-ring (bicyclic) bond motifs is 1. The second-order valence-electron chi connectivity index (χ2n) is 4.84. The lowest BCUT2D eigenvalue weighted by Gasteiger charge is -2.26. The van der Waals surface area contributed by atoms with Crippen LogP contribution in [0.4, 0.5) is 0 Å². The number of nitrogens with zero attached hydrogens (tertiary/aromatic N) is 1. The van der Waals surface area contributed by atoms with Crippen molar-refractivity contribution in [2.45, 2.75) is 24.9 Å². The van der Waals surface area contributed by atoms with E-state index in [-0.39, 0.29) is 6.04 Å². The Labute approximate surface area is 101 Å². The smallest absolute Gasteiger partial charge is 0.134 e. The minimum Gasteiger partial charge on any atom is -0.464 e. The monoisotopic (exact) mass is 230 g/mol. The van der Waals surface area contributed by atoms with Crippen molar-refractivity contribution in [1.29, 1.82) is 0 Å². The van der Waals surface area contributed by atoms with Gasteiger partial charge >= 0.3 is 0 Å². The molecule has 0 bridgehead atoms. The summed E-state index contributed by atoms with van der Waals surface area (Å²) in [6.07, 6.45) is 4.45. The van der Waals surface area contributed by atoms with E-state index in [4.69, 9.17) is 10.2 Å². The maximum absolute atomic E-state index is 5.94. The van der Waals surface area contributed by atoms with Crippen LogP contribution in [0.25, 0.3) is 11.0 Å². The maximum Gasteiger partial charge on any atom is 0.134 e. The molecule has 1 saturated carbocycles. The Bertz CT molecular complexity index is 516. The van der Waals surface area contributed by atoms with Gasteiger partial charge in [-0.3, -0.25) is 4.90 Å². The number of nitrogens with two attached hydrogens (primary N) is 1. The minimum absolute atomic E-state index is 0.270. The van der Waals surface area contributed by atoms with Gasteiger partial charge in [-0.05, 0) is 26.0 Å². The van der Waals surface area contributed by atoms with Crippen LogP contribution >= 0.6 is 0 Å². The molecule has 1 unspecified atom stereocenters. The molecule has 0 spiro atoms. The van der Waals surface area contributed by atoms with Gasteiger partial charge in [0.2, 0.25) is 0 Å². The highest BCUT2D eigenvalue weighted by Gasteiger charge is 2.32. The van der Waals surface area contributed by atoms with Crippen LogP contribution in [0.5, 0.6) is 0 Å². The molecule has 0 saturated heterocycles. The normalized spacial score (nSPS) is 17.8. The van der Waals surface area contributed by atoms with E-state index >= 15 is 0 Å². The molecule has 3 rings (SSSR count). The summed E-state index contributed by atoms with van der Waals surface area (Å²) in [5.41, 5.74) is 8.11. The zero-order valence-electron chi connectivity index (χ0n) is 10.1. The largest absolute Gasteiger partial charge is 0.464 e. The van der Waals surface area contributed by atoms with Crippen molar-refractivity contribution in [3.63, 3.8) is 0 Å². The fourth-order valence-corrected chi connectivity index (χ4v) is 2.51. The van der Waals surface area contributed by atoms with Gasteiger partial charge in [0.05, 0.1) is 12.3 Å². The quantitative estimate of drug-likeness (QED) is 0.877. The molecule has 2 aromatic rings. The van der Waals surface area contributed by atoms with Crippen LogP contribution in [-0.4, -0.2) is 24.5 Å². The van der Waals surface area contributed by atoms with Gasteiger partial charge in [-0.1, -0.05) is 18.2 Å². The summed E-state index contributed by atoms with van der Waals surface area (Å²) in [7, 11) is 2.16. The molecular weight excluding hydrogens is 212 g/mol. The third-order valence-corrected chi connectivity index (χ3v) is 3.71. The molecule has 1 atom stereocenters. The third kappa shape index (κ3) is 1.85. The predicted octanol–water partition coefficient (Wildman–Crippen LogP) is 2.53. The number of rotatable bonds is 4.